The van der Waals surface area contributed by atoms with E-state index in [2.05, 4.69) is 47.4 Å². The SMILES string of the molecule is Cc1ccc([C@@H]2C[C@@H]2C(=O)NNC(=S)NCc2ccccc2)cc1. The normalized spacial score (nSPS) is 18.5. The molecule has 1 aliphatic rings. The first kappa shape index (κ1) is 16.5. The van der Waals surface area contributed by atoms with Gasteiger partial charge in [-0.05, 0) is 42.6 Å². The molecule has 2 aromatic rings. The molecule has 0 heterocycles. The van der Waals surface area contributed by atoms with Crippen molar-refractivity contribution in [2.24, 2.45) is 5.92 Å². The Morgan fingerprint density at radius 1 is 1.08 bits per heavy atom. The Kier molecular flexibility index (Phi) is 5.11. The second kappa shape index (κ2) is 7.45. The first-order chi connectivity index (χ1) is 11.6. The van der Waals surface area contributed by atoms with Crippen molar-refractivity contribution >= 4 is 23.2 Å². The molecule has 124 valence electrons. The van der Waals surface area contributed by atoms with Gasteiger partial charge in [0.2, 0.25) is 5.91 Å². The molecule has 0 bridgehead atoms. The third-order valence-corrected chi connectivity index (χ3v) is 4.47. The van der Waals surface area contributed by atoms with Gasteiger partial charge in [0.15, 0.2) is 5.11 Å². The Morgan fingerprint density at radius 2 is 1.79 bits per heavy atom. The fourth-order valence-electron chi connectivity index (χ4n) is 2.70. The Balaban J connectivity index is 1.40. The minimum absolute atomic E-state index is 0.00978. The van der Waals surface area contributed by atoms with E-state index < -0.39 is 0 Å². The maximum atomic E-state index is 12.2. The summed E-state index contributed by atoms with van der Waals surface area (Å²) in [5, 5.41) is 3.48. The van der Waals surface area contributed by atoms with Crippen molar-refractivity contribution in [3.63, 3.8) is 0 Å². The van der Waals surface area contributed by atoms with Crippen LogP contribution in [0.1, 0.15) is 29.0 Å². The van der Waals surface area contributed by atoms with Gasteiger partial charge < -0.3 is 5.32 Å². The van der Waals surface area contributed by atoms with Gasteiger partial charge in [0, 0.05) is 12.5 Å². The standard InChI is InChI=1S/C19H21N3OS/c1-13-7-9-15(10-8-13)16-11-17(16)18(23)21-22-19(24)20-12-14-5-3-2-4-6-14/h2-10,16-17H,11-12H2,1H3,(H,21,23)(H2,20,22,24)/t16-,17-/m0/s1. The molecule has 2 atom stereocenters. The molecule has 2 aromatic carbocycles. The van der Waals surface area contributed by atoms with Crippen LogP contribution < -0.4 is 16.2 Å². The molecular formula is C19H21N3OS. The molecule has 0 aliphatic heterocycles. The van der Waals surface area contributed by atoms with E-state index in [1.54, 1.807) is 0 Å². The van der Waals surface area contributed by atoms with Crippen molar-refractivity contribution in [3.05, 3.63) is 71.3 Å². The van der Waals surface area contributed by atoms with Crippen LogP contribution >= 0.6 is 12.2 Å². The minimum Gasteiger partial charge on any atom is -0.357 e. The fraction of sp³-hybridized carbons (Fsp3) is 0.263. The molecule has 3 rings (SSSR count). The van der Waals surface area contributed by atoms with E-state index in [0.29, 0.717) is 17.6 Å². The number of aryl methyl sites for hydroxylation is 1. The monoisotopic (exact) mass is 339 g/mol. The summed E-state index contributed by atoms with van der Waals surface area (Å²) in [6, 6.07) is 18.4. The zero-order valence-corrected chi connectivity index (χ0v) is 14.4. The molecule has 1 saturated carbocycles. The number of hydrogen-bond acceptors (Lipinski definition) is 2. The Labute approximate surface area is 147 Å². The fourth-order valence-corrected chi connectivity index (χ4v) is 2.82. The van der Waals surface area contributed by atoms with Crippen molar-refractivity contribution in [2.75, 3.05) is 0 Å². The molecule has 0 aromatic heterocycles. The first-order valence-electron chi connectivity index (χ1n) is 8.07. The number of amides is 1. The second-order valence-electron chi connectivity index (χ2n) is 6.14. The molecule has 5 heteroatoms. The van der Waals surface area contributed by atoms with Gasteiger partial charge in [-0.1, -0.05) is 60.2 Å². The average Bonchev–Trinajstić information content (AvgIpc) is 3.40. The summed E-state index contributed by atoms with van der Waals surface area (Å²) in [7, 11) is 0. The van der Waals surface area contributed by atoms with Gasteiger partial charge in [-0.25, -0.2) is 0 Å². The average molecular weight is 339 g/mol. The molecule has 1 amide bonds. The largest absolute Gasteiger partial charge is 0.357 e. The molecule has 24 heavy (non-hydrogen) atoms. The Morgan fingerprint density at radius 3 is 2.50 bits per heavy atom. The van der Waals surface area contributed by atoms with Crippen LogP contribution in [0.25, 0.3) is 0 Å². The van der Waals surface area contributed by atoms with Crippen LogP contribution in [0.4, 0.5) is 0 Å². The van der Waals surface area contributed by atoms with Gasteiger partial charge in [0.1, 0.15) is 0 Å². The number of benzene rings is 2. The van der Waals surface area contributed by atoms with Crippen LogP contribution in [-0.2, 0) is 11.3 Å². The lowest BCUT2D eigenvalue weighted by Gasteiger charge is -2.11. The van der Waals surface area contributed by atoms with Gasteiger partial charge in [0.25, 0.3) is 0 Å². The molecule has 1 aliphatic carbocycles. The topological polar surface area (TPSA) is 53.2 Å². The van der Waals surface area contributed by atoms with Gasteiger partial charge in [-0.3, -0.25) is 15.6 Å². The highest BCUT2D eigenvalue weighted by molar-refractivity contribution is 7.80. The summed E-state index contributed by atoms with van der Waals surface area (Å²) in [6.45, 7) is 2.69. The van der Waals surface area contributed by atoms with E-state index in [9.17, 15) is 4.79 Å². The number of thiocarbonyl (C=S) groups is 1. The molecule has 0 unspecified atom stereocenters. The van der Waals surface area contributed by atoms with Crippen molar-refractivity contribution in [1.29, 1.82) is 0 Å². The van der Waals surface area contributed by atoms with Crippen molar-refractivity contribution in [2.45, 2.75) is 25.8 Å². The van der Waals surface area contributed by atoms with Crippen LogP contribution in [-0.4, -0.2) is 11.0 Å². The zero-order valence-electron chi connectivity index (χ0n) is 13.6. The number of carbonyl (C=O) groups is 1. The van der Waals surface area contributed by atoms with Crippen LogP contribution in [0.2, 0.25) is 0 Å². The molecular weight excluding hydrogens is 318 g/mol. The quantitative estimate of drug-likeness (QED) is 0.592. The molecule has 0 radical (unpaired) electrons. The first-order valence-corrected chi connectivity index (χ1v) is 8.48. The van der Waals surface area contributed by atoms with Gasteiger partial charge in [-0.15, -0.1) is 0 Å². The number of nitrogens with one attached hydrogen (secondary N) is 3. The lowest BCUT2D eigenvalue weighted by molar-refractivity contribution is -0.122. The third kappa shape index (κ3) is 4.32. The van der Waals surface area contributed by atoms with Crippen molar-refractivity contribution in [1.82, 2.24) is 16.2 Å². The van der Waals surface area contributed by atoms with E-state index in [0.717, 1.165) is 12.0 Å². The van der Waals surface area contributed by atoms with E-state index in [4.69, 9.17) is 12.2 Å². The maximum Gasteiger partial charge on any atom is 0.242 e. The summed E-state index contributed by atoms with van der Waals surface area (Å²) in [5.74, 6) is 0.333. The number of hydrazine groups is 1. The lowest BCUT2D eigenvalue weighted by atomic mass is 10.1. The van der Waals surface area contributed by atoms with Crippen molar-refractivity contribution < 1.29 is 4.79 Å². The van der Waals surface area contributed by atoms with E-state index >= 15 is 0 Å². The van der Waals surface area contributed by atoms with Gasteiger partial charge >= 0.3 is 0 Å². The van der Waals surface area contributed by atoms with Crippen molar-refractivity contribution in [3.8, 4) is 0 Å². The molecule has 1 fully saturated rings. The van der Waals surface area contributed by atoms with Crippen LogP contribution in [0.15, 0.2) is 54.6 Å². The predicted octanol–water partition coefficient (Wildman–Crippen LogP) is 2.79. The van der Waals surface area contributed by atoms with E-state index in [1.807, 2.05) is 30.3 Å². The number of rotatable bonds is 4. The third-order valence-electron chi connectivity index (χ3n) is 4.23. The molecule has 3 N–H and O–H groups in total. The zero-order chi connectivity index (χ0) is 16.9. The summed E-state index contributed by atoms with van der Waals surface area (Å²) >= 11 is 5.18. The highest BCUT2D eigenvalue weighted by atomic mass is 32.1. The molecule has 0 spiro atoms. The highest BCUT2D eigenvalue weighted by Gasteiger charge is 2.43. The van der Waals surface area contributed by atoms with E-state index in [1.165, 1.54) is 11.1 Å². The summed E-state index contributed by atoms with van der Waals surface area (Å²) in [6.07, 6.45) is 0.890. The molecule has 0 saturated heterocycles. The van der Waals surface area contributed by atoms with Gasteiger partial charge in [0.05, 0.1) is 0 Å². The summed E-state index contributed by atoms with van der Waals surface area (Å²) < 4.78 is 0. The van der Waals surface area contributed by atoms with Crippen LogP contribution in [0.5, 0.6) is 0 Å². The highest BCUT2D eigenvalue weighted by Crippen LogP contribution is 2.47. The van der Waals surface area contributed by atoms with Crippen LogP contribution in [0.3, 0.4) is 0 Å². The Hall–Kier alpha value is -2.40. The Bertz CT molecular complexity index is 715. The summed E-state index contributed by atoms with van der Waals surface area (Å²) in [5.41, 5.74) is 9.07. The second-order valence-corrected chi connectivity index (χ2v) is 6.55. The number of hydrogen-bond donors (Lipinski definition) is 3. The van der Waals surface area contributed by atoms with E-state index in [-0.39, 0.29) is 11.8 Å². The minimum atomic E-state index is -0.00978. The van der Waals surface area contributed by atoms with Gasteiger partial charge in [-0.2, -0.15) is 0 Å². The summed E-state index contributed by atoms with van der Waals surface area (Å²) in [4.78, 5) is 12.2. The maximum absolute atomic E-state index is 12.2. The smallest absolute Gasteiger partial charge is 0.242 e. The number of carbonyl (C=O) groups excluding carboxylic acids is 1. The van der Waals surface area contributed by atoms with Crippen LogP contribution in [0, 0.1) is 12.8 Å². The lowest BCUT2D eigenvalue weighted by Crippen LogP contribution is -2.47. The molecule has 4 nitrogen and oxygen atoms in total. The predicted molar refractivity (Wildman–Crippen MR) is 99.2 cm³/mol.